The van der Waals surface area contributed by atoms with Crippen LogP contribution in [-0.2, 0) is 22.4 Å². The first kappa shape index (κ1) is 18.1. The molecule has 0 saturated heterocycles. The van der Waals surface area contributed by atoms with E-state index in [4.69, 9.17) is 11.6 Å². The number of Topliss-reactive ketones (excluding diaryl/α,β-unsaturated/α-hetero) is 1. The zero-order chi connectivity index (χ0) is 18.5. The van der Waals surface area contributed by atoms with Crippen molar-refractivity contribution >= 4 is 35.4 Å². The van der Waals surface area contributed by atoms with Crippen LogP contribution in [0.1, 0.15) is 27.9 Å². The van der Waals surface area contributed by atoms with Crippen molar-refractivity contribution in [3.8, 4) is 0 Å². The molecule has 0 bridgehead atoms. The van der Waals surface area contributed by atoms with E-state index < -0.39 is 0 Å². The summed E-state index contributed by atoms with van der Waals surface area (Å²) in [6.45, 7) is 0.944. The molecule has 0 spiro atoms. The van der Waals surface area contributed by atoms with Gasteiger partial charge in [0.25, 0.3) is 0 Å². The fourth-order valence-corrected chi connectivity index (χ4v) is 3.15. The second kappa shape index (κ2) is 8.15. The van der Waals surface area contributed by atoms with Crippen LogP contribution in [-0.4, -0.2) is 31.2 Å². The van der Waals surface area contributed by atoms with Gasteiger partial charge in [0.1, 0.15) is 0 Å². The largest absolute Gasteiger partial charge is 0.355 e. The third-order valence-corrected chi connectivity index (χ3v) is 4.66. The Labute approximate surface area is 156 Å². The molecule has 0 fully saturated rings. The number of nitrogens with one attached hydrogen (secondary N) is 1. The molecule has 0 saturated carbocycles. The highest BCUT2D eigenvalue weighted by Gasteiger charge is 2.19. The fourth-order valence-electron chi connectivity index (χ4n) is 3.02. The number of hydrogen-bond acceptors (Lipinski definition) is 3. The zero-order valence-electron chi connectivity index (χ0n) is 14.2. The van der Waals surface area contributed by atoms with Gasteiger partial charge >= 0.3 is 0 Å². The van der Waals surface area contributed by atoms with E-state index in [1.54, 1.807) is 35.2 Å². The molecule has 6 heteroatoms. The van der Waals surface area contributed by atoms with Crippen molar-refractivity contribution in [2.45, 2.75) is 19.3 Å². The van der Waals surface area contributed by atoms with Crippen LogP contribution in [0.4, 0.5) is 5.69 Å². The van der Waals surface area contributed by atoms with E-state index in [0.717, 1.165) is 29.6 Å². The van der Waals surface area contributed by atoms with Crippen molar-refractivity contribution in [1.82, 2.24) is 5.32 Å². The van der Waals surface area contributed by atoms with E-state index in [1.165, 1.54) is 0 Å². The summed E-state index contributed by atoms with van der Waals surface area (Å²) < 4.78 is 0. The molecule has 1 heterocycles. The van der Waals surface area contributed by atoms with Gasteiger partial charge in [-0.05, 0) is 47.9 Å². The summed E-state index contributed by atoms with van der Waals surface area (Å²) in [6.07, 6.45) is 2.06. The molecule has 2 aromatic rings. The number of nitrogens with zero attached hydrogens (tertiary/aromatic N) is 1. The monoisotopic (exact) mass is 370 g/mol. The molecular weight excluding hydrogens is 352 g/mol. The molecule has 26 heavy (non-hydrogen) atoms. The predicted octanol–water partition coefficient (Wildman–Crippen LogP) is 2.79. The lowest BCUT2D eigenvalue weighted by Gasteiger charge is -2.10. The van der Waals surface area contributed by atoms with Gasteiger partial charge in [-0.2, -0.15) is 0 Å². The summed E-state index contributed by atoms with van der Waals surface area (Å²) in [7, 11) is 0. The van der Waals surface area contributed by atoms with Gasteiger partial charge in [0.15, 0.2) is 5.78 Å². The minimum atomic E-state index is -0.129. The number of fused-ring (bicyclic) bond motifs is 1. The van der Waals surface area contributed by atoms with E-state index in [2.05, 4.69) is 5.32 Å². The highest BCUT2D eigenvalue weighted by molar-refractivity contribution is 6.30. The smallest absolute Gasteiger partial charge is 0.224 e. The summed E-state index contributed by atoms with van der Waals surface area (Å²) in [6, 6.07) is 12.5. The lowest BCUT2D eigenvalue weighted by Crippen LogP contribution is -2.27. The Morgan fingerprint density at radius 1 is 1.15 bits per heavy atom. The Bertz CT molecular complexity index is 833. The van der Waals surface area contributed by atoms with Crippen LogP contribution in [0.15, 0.2) is 42.5 Å². The first-order chi connectivity index (χ1) is 12.6. The summed E-state index contributed by atoms with van der Waals surface area (Å²) in [4.78, 5) is 36.9. The normalized spacial score (nSPS) is 12.6. The molecule has 1 aliphatic heterocycles. The number of amides is 2. The number of carbonyl (C=O) groups excluding carboxylic acids is 3. The van der Waals surface area contributed by atoms with Crippen molar-refractivity contribution in [2.24, 2.45) is 0 Å². The van der Waals surface area contributed by atoms with Gasteiger partial charge in [-0.15, -0.1) is 0 Å². The van der Waals surface area contributed by atoms with Gasteiger partial charge in [0, 0.05) is 35.8 Å². The van der Waals surface area contributed by atoms with Crippen molar-refractivity contribution < 1.29 is 14.4 Å². The van der Waals surface area contributed by atoms with E-state index in [0.29, 0.717) is 23.7 Å². The second-order valence-corrected chi connectivity index (χ2v) is 6.66. The number of anilines is 1. The number of halogens is 1. The lowest BCUT2D eigenvalue weighted by atomic mass is 10.0. The Hall–Kier alpha value is -2.66. The maximum Gasteiger partial charge on any atom is 0.224 e. The maximum atomic E-state index is 12.3. The van der Waals surface area contributed by atoms with Gasteiger partial charge in [0.05, 0.1) is 6.42 Å². The third kappa shape index (κ3) is 4.29. The van der Waals surface area contributed by atoms with Crippen LogP contribution in [0.2, 0.25) is 5.02 Å². The van der Waals surface area contributed by atoms with Gasteiger partial charge in [-0.1, -0.05) is 23.7 Å². The molecule has 5 nitrogen and oxygen atoms in total. The standard InChI is InChI=1S/C20H19ClN2O3/c21-17-4-1-14(2-5-17)11-20(26)22-9-7-19(25)16-3-6-18-15(12-16)8-10-23(18)13-24/h1-6,12-13H,7-11H2,(H,22,26). The molecule has 2 aromatic carbocycles. The van der Waals surface area contributed by atoms with Crippen molar-refractivity contribution in [3.05, 3.63) is 64.2 Å². The van der Waals surface area contributed by atoms with Gasteiger partial charge in [-0.3, -0.25) is 14.4 Å². The molecule has 1 aliphatic rings. The molecule has 0 aliphatic carbocycles. The maximum absolute atomic E-state index is 12.3. The Morgan fingerprint density at radius 2 is 1.92 bits per heavy atom. The number of ketones is 1. The van der Waals surface area contributed by atoms with Crippen molar-refractivity contribution in [1.29, 1.82) is 0 Å². The molecule has 1 N–H and O–H groups in total. The van der Waals surface area contributed by atoms with Crippen LogP contribution in [0.5, 0.6) is 0 Å². The van der Waals surface area contributed by atoms with E-state index in [1.807, 2.05) is 12.1 Å². The molecule has 2 amide bonds. The van der Waals surface area contributed by atoms with Crippen LogP contribution in [0.25, 0.3) is 0 Å². The highest BCUT2D eigenvalue weighted by atomic mass is 35.5. The van der Waals surface area contributed by atoms with Crippen LogP contribution >= 0.6 is 11.6 Å². The minimum Gasteiger partial charge on any atom is -0.355 e. The molecule has 134 valence electrons. The number of benzene rings is 2. The van der Waals surface area contributed by atoms with E-state index >= 15 is 0 Å². The molecule has 3 rings (SSSR count). The van der Waals surface area contributed by atoms with Gasteiger partial charge in [-0.25, -0.2) is 0 Å². The van der Waals surface area contributed by atoms with Gasteiger partial charge in [0.2, 0.25) is 12.3 Å². The number of hydrogen-bond donors (Lipinski definition) is 1. The van der Waals surface area contributed by atoms with Crippen molar-refractivity contribution in [2.75, 3.05) is 18.0 Å². The molecule has 0 radical (unpaired) electrons. The summed E-state index contributed by atoms with van der Waals surface area (Å²) in [5.74, 6) is -0.153. The van der Waals surface area contributed by atoms with Gasteiger partial charge < -0.3 is 10.2 Å². The molecule has 0 atom stereocenters. The SMILES string of the molecule is O=CN1CCc2cc(C(=O)CCNC(=O)Cc3ccc(Cl)cc3)ccc21. The zero-order valence-corrected chi connectivity index (χ0v) is 15.0. The molecular formula is C20H19ClN2O3. The highest BCUT2D eigenvalue weighted by Crippen LogP contribution is 2.27. The van der Waals surface area contributed by atoms with E-state index in [-0.39, 0.29) is 24.5 Å². The summed E-state index contributed by atoms with van der Waals surface area (Å²) in [5.41, 5.74) is 3.36. The fraction of sp³-hybridized carbons (Fsp3) is 0.250. The number of carbonyl (C=O) groups is 3. The first-order valence-corrected chi connectivity index (χ1v) is 8.84. The summed E-state index contributed by atoms with van der Waals surface area (Å²) >= 11 is 5.82. The van der Waals surface area contributed by atoms with Crippen LogP contribution in [0, 0.1) is 0 Å². The first-order valence-electron chi connectivity index (χ1n) is 8.46. The molecule has 0 aromatic heterocycles. The molecule has 0 unspecified atom stereocenters. The quantitative estimate of drug-likeness (QED) is 0.602. The third-order valence-electron chi connectivity index (χ3n) is 4.41. The lowest BCUT2D eigenvalue weighted by molar-refractivity contribution is -0.120. The Morgan fingerprint density at radius 3 is 2.65 bits per heavy atom. The van der Waals surface area contributed by atoms with Crippen molar-refractivity contribution in [3.63, 3.8) is 0 Å². The minimum absolute atomic E-state index is 0.0239. The second-order valence-electron chi connectivity index (χ2n) is 6.22. The van der Waals surface area contributed by atoms with Crippen LogP contribution in [0.3, 0.4) is 0 Å². The average Bonchev–Trinajstić information content (AvgIpc) is 3.05. The average molecular weight is 371 g/mol. The Balaban J connectivity index is 1.49. The van der Waals surface area contributed by atoms with E-state index in [9.17, 15) is 14.4 Å². The summed E-state index contributed by atoms with van der Waals surface area (Å²) in [5, 5.41) is 3.40. The topological polar surface area (TPSA) is 66.5 Å². The van der Waals surface area contributed by atoms with Crippen LogP contribution < -0.4 is 10.2 Å². The Kier molecular flexibility index (Phi) is 5.68. The number of rotatable bonds is 7. The predicted molar refractivity (Wildman–Crippen MR) is 101 cm³/mol.